The Labute approximate surface area is 146 Å². The molecule has 0 spiro atoms. The van der Waals surface area contributed by atoms with Crippen LogP contribution in [0.1, 0.15) is 56.1 Å². The van der Waals surface area contributed by atoms with Crippen molar-refractivity contribution in [1.82, 2.24) is 0 Å². The van der Waals surface area contributed by atoms with Gasteiger partial charge in [-0.15, -0.1) is 0 Å². The van der Waals surface area contributed by atoms with Gasteiger partial charge >= 0.3 is 0 Å². The summed E-state index contributed by atoms with van der Waals surface area (Å²) < 4.78 is 10.9. The largest absolute Gasteiger partial charge is 0.497 e. The number of benzene rings is 2. The van der Waals surface area contributed by atoms with Gasteiger partial charge in [0.1, 0.15) is 11.5 Å². The van der Waals surface area contributed by atoms with Crippen molar-refractivity contribution in [1.29, 1.82) is 0 Å². The molecule has 130 valence electrons. The zero-order chi connectivity index (χ0) is 17.2. The van der Waals surface area contributed by atoms with E-state index in [9.17, 15) is 0 Å². The van der Waals surface area contributed by atoms with E-state index in [1.54, 1.807) is 14.2 Å². The Morgan fingerprint density at radius 3 is 2.46 bits per heavy atom. The van der Waals surface area contributed by atoms with Crippen LogP contribution in [0.25, 0.3) is 0 Å². The minimum atomic E-state index is 0.594. The maximum atomic E-state index is 5.56. The number of hydrogen-bond acceptors (Lipinski definition) is 2. The van der Waals surface area contributed by atoms with Crippen LogP contribution in [0.15, 0.2) is 48.5 Å². The van der Waals surface area contributed by atoms with Gasteiger partial charge in [0.05, 0.1) is 14.2 Å². The van der Waals surface area contributed by atoms with Gasteiger partial charge < -0.3 is 9.47 Å². The van der Waals surface area contributed by atoms with E-state index in [2.05, 4.69) is 43.3 Å². The number of unbranched alkanes of at least 4 members (excludes halogenated alkanes) is 1. The molecule has 0 aliphatic rings. The van der Waals surface area contributed by atoms with Crippen LogP contribution in [-0.4, -0.2) is 14.2 Å². The SMILES string of the molecule is CCCC(CCCCc1cccc(OC)c1)c1ccccc1OC. The van der Waals surface area contributed by atoms with E-state index >= 15 is 0 Å². The highest BCUT2D eigenvalue weighted by Crippen LogP contribution is 2.33. The Kier molecular flexibility index (Phi) is 7.67. The summed E-state index contributed by atoms with van der Waals surface area (Å²) in [6, 6.07) is 16.9. The van der Waals surface area contributed by atoms with E-state index in [4.69, 9.17) is 9.47 Å². The van der Waals surface area contributed by atoms with Crippen LogP contribution in [0.2, 0.25) is 0 Å². The summed E-state index contributed by atoms with van der Waals surface area (Å²) in [5.74, 6) is 2.57. The van der Waals surface area contributed by atoms with E-state index < -0.39 is 0 Å². The number of ether oxygens (including phenoxy) is 2. The van der Waals surface area contributed by atoms with Crippen molar-refractivity contribution in [3.05, 3.63) is 59.7 Å². The summed E-state index contributed by atoms with van der Waals surface area (Å²) in [5.41, 5.74) is 2.72. The lowest BCUT2D eigenvalue weighted by atomic mass is 9.88. The molecule has 1 atom stereocenters. The maximum Gasteiger partial charge on any atom is 0.122 e. The Hall–Kier alpha value is -1.96. The highest BCUT2D eigenvalue weighted by Gasteiger charge is 2.14. The molecule has 24 heavy (non-hydrogen) atoms. The molecule has 1 unspecified atom stereocenters. The first-order valence-electron chi connectivity index (χ1n) is 9.04. The van der Waals surface area contributed by atoms with Crippen molar-refractivity contribution in [2.24, 2.45) is 0 Å². The van der Waals surface area contributed by atoms with Crippen LogP contribution in [0.3, 0.4) is 0 Å². The molecule has 0 aliphatic heterocycles. The molecular weight excluding hydrogens is 296 g/mol. The molecule has 0 aromatic heterocycles. The van der Waals surface area contributed by atoms with Gasteiger partial charge in [0.2, 0.25) is 0 Å². The summed E-state index contributed by atoms with van der Waals surface area (Å²) in [6.45, 7) is 2.26. The van der Waals surface area contributed by atoms with Gasteiger partial charge in [-0.05, 0) is 60.9 Å². The molecule has 0 aliphatic carbocycles. The number of methoxy groups -OCH3 is 2. The normalized spacial score (nSPS) is 12.0. The standard InChI is InChI=1S/C22H30O2/c1-4-10-19(21-15-7-8-16-22(21)24-3)13-6-5-11-18-12-9-14-20(17-18)23-2/h7-9,12,14-17,19H,4-6,10-11,13H2,1-3H3. The van der Waals surface area contributed by atoms with E-state index in [1.165, 1.54) is 43.2 Å². The lowest BCUT2D eigenvalue weighted by Gasteiger charge is -2.19. The van der Waals surface area contributed by atoms with Crippen molar-refractivity contribution in [3.8, 4) is 11.5 Å². The average Bonchev–Trinajstić information content (AvgIpc) is 2.64. The molecule has 0 saturated heterocycles. The third-order valence-electron chi connectivity index (χ3n) is 4.62. The maximum absolute atomic E-state index is 5.56. The summed E-state index contributed by atoms with van der Waals surface area (Å²) in [7, 11) is 3.49. The molecule has 2 nitrogen and oxygen atoms in total. The van der Waals surface area contributed by atoms with Crippen LogP contribution >= 0.6 is 0 Å². The second-order valence-electron chi connectivity index (χ2n) is 6.32. The fourth-order valence-electron chi connectivity index (χ4n) is 3.36. The van der Waals surface area contributed by atoms with Crippen LogP contribution in [0.4, 0.5) is 0 Å². The molecule has 2 rings (SSSR count). The molecule has 2 heteroatoms. The first-order valence-corrected chi connectivity index (χ1v) is 9.04. The second-order valence-corrected chi connectivity index (χ2v) is 6.32. The zero-order valence-electron chi connectivity index (χ0n) is 15.3. The molecular formula is C22H30O2. The highest BCUT2D eigenvalue weighted by atomic mass is 16.5. The molecule has 0 radical (unpaired) electrons. The summed E-state index contributed by atoms with van der Waals surface area (Å²) in [6.07, 6.45) is 7.21. The number of rotatable bonds is 10. The Morgan fingerprint density at radius 2 is 1.71 bits per heavy atom. The predicted octanol–water partition coefficient (Wildman–Crippen LogP) is 6.00. The van der Waals surface area contributed by atoms with Crippen LogP contribution in [-0.2, 0) is 6.42 Å². The minimum Gasteiger partial charge on any atom is -0.497 e. The van der Waals surface area contributed by atoms with E-state index in [1.807, 2.05) is 12.1 Å². The van der Waals surface area contributed by atoms with Gasteiger partial charge in [-0.25, -0.2) is 0 Å². The Bertz CT molecular complexity index is 606. The van der Waals surface area contributed by atoms with Gasteiger partial charge in [-0.1, -0.05) is 50.1 Å². The van der Waals surface area contributed by atoms with Crippen molar-refractivity contribution < 1.29 is 9.47 Å². The predicted molar refractivity (Wildman–Crippen MR) is 101 cm³/mol. The third kappa shape index (κ3) is 5.30. The van der Waals surface area contributed by atoms with Crippen LogP contribution in [0, 0.1) is 0 Å². The molecule has 0 saturated carbocycles. The lowest BCUT2D eigenvalue weighted by Crippen LogP contribution is -2.02. The van der Waals surface area contributed by atoms with Gasteiger partial charge in [0.15, 0.2) is 0 Å². The van der Waals surface area contributed by atoms with E-state index in [0.29, 0.717) is 5.92 Å². The fraction of sp³-hybridized carbons (Fsp3) is 0.455. The number of aryl methyl sites for hydroxylation is 1. The van der Waals surface area contributed by atoms with Gasteiger partial charge in [-0.3, -0.25) is 0 Å². The lowest BCUT2D eigenvalue weighted by molar-refractivity contribution is 0.399. The first kappa shape index (κ1) is 18.4. The monoisotopic (exact) mass is 326 g/mol. The van der Waals surface area contributed by atoms with Crippen LogP contribution < -0.4 is 9.47 Å². The van der Waals surface area contributed by atoms with Gasteiger partial charge in [-0.2, -0.15) is 0 Å². The smallest absolute Gasteiger partial charge is 0.122 e. The molecule has 0 N–H and O–H groups in total. The van der Waals surface area contributed by atoms with Crippen molar-refractivity contribution >= 4 is 0 Å². The Morgan fingerprint density at radius 1 is 0.875 bits per heavy atom. The molecule has 2 aromatic carbocycles. The summed E-state index contributed by atoms with van der Waals surface area (Å²) >= 11 is 0. The summed E-state index contributed by atoms with van der Waals surface area (Å²) in [4.78, 5) is 0. The average molecular weight is 326 g/mol. The van der Waals surface area contributed by atoms with Gasteiger partial charge in [0.25, 0.3) is 0 Å². The summed E-state index contributed by atoms with van der Waals surface area (Å²) in [5, 5.41) is 0. The second kappa shape index (κ2) is 10.0. The minimum absolute atomic E-state index is 0.594. The van der Waals surface area contributed by atoms with E-state index in [-0.39, 0.29) is 0 Å². The Balaban J connectivity index is 1.89. The molecule has 0 bridgehead atoms. The number of hydrogen-bond donors (Lipinski definition) is 0. The van der Waals surface area contributed by atoms with E-state index in [0.717, 1.165) is 17.9 Å². The molecule has 0 fully saturated rings. The molecule has 0 amide bonds. The highest BCUT2D eigenvalue weighted by molar-refractivity contribution is 5.36. The molecule has 2 aromatic rings. The topological polar surface area (TPSA) is 18.5 Å². The van der Waals surface area contributed by atoms with Crippen molar-refractivity contribution in [2.45, 2.75) is 51.4 Å². The number of para-hydroxylation sites is 1. The first-order chi connectivity index (χ1) is 11.8. The van der Waals surface area contributed by atoms with Crippen molar-refractivity contribution in [3.63, 3.8) is 0 Å². The third-order valence-corrected chi connectivity index (χ3v) is 4.62. The molecule has 0 heterocycles. The quantitative estimate of drug-likeness (QED) is 0.498. The fourth-order valence-corrected chi connectivity index (χ4v) is 3.36. The van der Waals surface area contributed by atoms with Crippen molar-refractivity contribution in [2.75, 3.05) is 14.2 Å². The zero-order valence-corrected chi connectivity index (χ0v) is 15.3. The van der Waals surface area contributed by atoms with Gasteiger partial charge in [0, 0.05) is 0 Å². The van der Waals surface area contributed by atoms with Crippen LogP contribution in [0.5, 0.6) is 11.5 Å².